The second-order valence-corrected chi connectivity index (χ2v) is 8.11. The minimum Gasteiger partial charge on any atom is -0.303 e. The van der Waals surface area contributed by atoms with Crippen LogP contribution in [-0.4, -0.2) is 66.6 Å². The van der Waals surface area contributed by atoms with Crippen molar-refractivity contribution in [3.05, 3.63) is 71.8 Å². The lowest BCUT2D eigenvalue weighted by atomic mass is 10.0. The fourth-order valence-electron chi connectivity index (χ4n) is 4.57. The quantitative estimate of drug-likeness (QED) is 0.778. The molecule has 2 saturated heterocycles. The monoisotopic (exact) mass is 363 g/mol. The van der Waals surface area contributed by atoms with Gasteiger partial charge in [-0.15, -0.1) is 0 Å². The Labute approximate surface area is 164 Å². The van der Waals surface area contributed by atoms with E-state index in [1.807, 2.05) is 0 Å². The van der Waals surface area contributed by atoms with Gasteiger partial charge in [-0.2, -0.15) is 0 Å². The molecule has 4 rings (SSSR count). The largest absolute Gasteiger partial charge is 0.303 e. The van der Waals surface area contributed by atoms with Crippen molar-refractivity contribution < 1.29 is 0 Å². The molecule has 0 atom stereocenters. The van der Waals surface area contributed by atoms with Gasteiger partial charge in [0.2, 0.25) is 0 Å². The van der Waals surface area contributed by atoms with Crippen LogP contribution in [0.4, 0.5) is 0 Å². The normalized spacial score (nSPS) is 20.7. The van der Waals surface area contributed by atoms with Crippen LogP contribution in [0, 0.1) is 0 Å². The summed E-state index contributed by atoms with van der Waals surface area (Å²) in [5.74, 6) is 0. The molecule has 2 aliphatic rings. The number of piperazine rings is 1. The summed E-state index contributed by atoms with van der Waals surface area (Å²) in [6, 6.07) is 22.6. The zero-order valence-corrected chi connectivity index (χ0v) is 16.5. The molecule has 0 spiro atoms. The van der Waals surface area contributed by atoms with Crippen molar-refractivity contribution in [3.63, 3.8) is 0 Å². The first-order chi connectivity index (χ1) is 13.4. The summed E-state index contributed by atoms with van der Waals surface area (Å²) in [5, 5.41) is 0. The standard InChI is InChI=1S/C24H33N3/c1-3-7-22(8-4-1)11-14-25-15-12-24(13-16-25)27-19-17-26(18-20-27)21-23-9-5-2-6-10-23/h1-10,24H,11-21H2. The first-order valence-electron chi connectivity index (χ1n) is 10.6. The number of likely N-dealkylation sites (tertiary alicyclic amines) is 1. The van der Waals surface area contributed by atoms with Crippen LogP contribution in [0.1, 0.15) is 24.0 Å². The van der Waals surface area contributed by atoms with Crippen molar-refractivity contribution in [1.29, 1.82) is 0 Å². The van der Waals surface area contributed by atoms with Crippen LogP contribution >= 0.6 is 0 Å². The topological polar surface area (TPSA) is 9.72 Å². The second kappa shape index (κ2) is 9.50. The van der Waals surface area contributed by atoms with Crippen molar-refractivity contribution in [2.75, 3.05) is 45.8 Å². The average molecular weight is 364 g/mol. The Morgan fingerprint density at radius 3 is 1.85 bits per heavy atom. The third-order valence-electron chi connectivity index (χ3n) is 6.29. The van der Waals surface area contributed by atoms with E-state index in [1.54, 1.807) is 0 Å². The van der Waals surface area contributed by atoms with E-state index in [9.17, 15) is 0 Å². The number of rotatable bonds is 6. The van der Waals surface area contributed by atoms with Gasteiger partial charge < -0.3 is 4.90 Å². The lowest BCUT2D eigenvalue weighted by Crippen LogP contribution is -2.53. The number of nitrogens with zero attached hydrogens (tertiary/aromatic N) is 3. The molecular formula is C24H33N3. The fraction of sp³-hybridized carbons (Fsp3) is 0.500. The molecule has 2 aromatic rings. The molecule has 0 bridgehead atoms. The third-order valence-corrected chi connectivity index (χ3v) is 6.29. The highest BCUT2D eigenvalue weighted by molar-refractivity contribution is 5.15. The van der Waals surface area contributed by atoms with Gasteiger partial charge in [0.15, 0.2) is 0 Å². The van der Waals surface area contributed by atoms with Gasteiger partial charge in [-0.1, -0.05) is 60.7 Å². The first kappa shape index (κ1) is 18.7. The van der Waals surface area contributed by atoms with E-state index >= 15 is 0 Å². The molecule has 2 aromatic carbocycles. The molecular weight excluding hydrogens is 330 g/mol. The van der Waals surface area contributed by atoms with Gasteiger partial charge in [0.1, 0.15) is 0 Å². The molecule has 3 nitrogen and oxygen atoms in total. The van der Waals surface area contributed by atoms with Gasteiger partial charge in [-0.05, 0) is 43.5 Å². The molecule has 144 valence electrons. The van der Waals surface area contributed by atoms with Crippen molar-refractivity contribution in [1.82, 2.24) is 14.7 Å². The van der Waals surface area contributed by atoms with Crippen LogP contribution in [0.2, 0.25) is 0 Å². The summed E-state index contributed by atoms with van der Waals surface area (Å²) in [6.07, 6.45) is 3.87. The maximum Gasteiger partial charge on any atom is 0.0234 e. The Kier molecular flexibility index (Phi) is 6.57. The maximum atomic E-state index is 2.76. The number of hydrogen-bond acceptors (Lipinski definition) is 3. The van der Waals surface area contributed by atoms with Crippen LogP contribution in [0.25, 0.3) is 0 Å². The van der Waals surface area contributed by atoms with E-state index in [4.69, 9.17) is 0 Å². The Bertz CT molecular complexity index is 657. The van der Waals surface area contributed by atoms with Gasteiger partial charge in [-0.25, -0.2) is 0 Å². The molecule has 0 amide bonds. The minimum atomic E-state index is 0.803. The SMILES string of the molecule is c1ccc(CCN2CCC(N3CCN(Cc4ccccc4)CC3)CC2)cc1. The Morgan fingerprint density at radius 2 is 1.22 bits per heavy atom. The molecule has 27 heavy (non-hydrogen) atoms. The third kappa shape index (κ3) is 5.41. The smallest absolute Gasteiger partial charge is 0.0234 e. The molecule has 2 fully saturated rings. The summed E-state index contributed by atoms with van der Waals surface area (Å²) in [4.78, 5) is 8.03. The van der Waals surface area contributed by atoms with Crippen molar-refractivity contribution in [2.45, 2.75) is 31.8 Å². The zero-order chi connectivity index (χ0) is 18.3. The molecule has 0 saturated carbocycles. The predicted molar refractivity (Wildman–Crippen MR) is 113 cm³/mol. The summed E-state index contributed by atoms with van der Waals surface area (Å²) in [6.45, 7) is 9.74. The average Bonchev–Trinajstić information content (AvgIpc) is 2.75. The summed E-state index contributed by atoms with van der Waals surface area (Å²) >= 11 is 0. The van der Waals surface area contributed by atoms with Crippen LogP contribution in [0.5, 0.6) is 0 Å². The molecule has 0 aliphatic carbocycles. The van der Waals surface area contributed by atoms with E-state index in [0.717, 1.165) is 12.6 Å². The van der Waals surface area contributed by atoms with Crippen molar-refractivity contribution in [2.24, 2.45) is 0 Å². The van der Waals surface area contributed by atoms with Crippen molar-refractivity contribution >= 4 is 0 Å². The predicted octanol–water partition coefficient (Wildman–Crippen LogP) is 3.51. The van der Waals surface area contributed by atoms with Gasteiger partial charge >= 0.3 is 0 Å². The van der Waals surface area contributed by atoms with Crippen LogP contribution in [0.3, 0.4) is 0 Å². The second-order valence-electron chi connectivity index (χ2n) is 8.11. The van der Waals surface area contributed by atoms with E-state index in [-0.39, 0.29) is 0 Å². The fourth-order valence-corrected chi connectivity index (χ4v) is 4.57. The van der Waals surface area contributed by atoms with Crippen LogP contribution in [0.15, 0.2) is 60.7 Å². The minimum absolute atomic E-state index is 0.803. The maximum absolute atomic E-state index is 2.76. The summed E-state index contributed by atoms with van der Waals surface area (Å²) in [5.41, 5.74) is 2.91. The molecule has 2 aliphatic heterocycles. The molecule has 2 heterocycles. The van der Waals surface area contributed by atoms with Gasteiger partial charge in [0.25, 0.3) is 0 Å². The van der Waals surface area contributed by atoms with E-state index in [2.05, 4.69) is 75.4 Å². The molecule has 0 aromatic heterocycles. The van der Waals surface area contributed by atoms with Crippen LogP contribution < -0.4 is 0 Å². The van der Waals surface area contributed by atoms with Gasteiger partial charge in [0, 0.05) is 45.3 Å². The summed E-state index contributed by atoms with van der Waals surface area (Å²) < 4.78 is 0. The van der Waals surface area contributed by atoms with E-state index in [0.29, 0.717) is 0 Å². The molecule has 0 N–H and O–H groups in total. The zero-order valence-electron chi connectivity index (χ0n) is 16.5. The highest BCUT2D eigenvalue weighted by atomic mass is 15.3. The van der Waals surface area contributed by atoms with E-state index in [1.165, 1.54) is 76.2 Å². The molecule has 0 radical (unpaired) electrons. The highest BCUT2D eigenvalue weighted by Gasteiger charge is 2.27. The Hall–Kier alpha value is -1.68. The van der Waals surface area contributed by atoms with Crippen LogP contribution in [-0.2, 0) is 13.0 Å². The number of benzene rings is 2. The first-order valence-corrected chi connectivity index (χ1v) is 10.6. The number of piperidine rings is 1. The Morgan fingerprint density at radius 1 is 0.630 bits per heavy atom. The Balaban J connectivity index is 1.16. The highest BCUT2D eigenvalue weighted by Crippen LogP contribution is 2.19. The molecule has 3 heteroatoms. The van der Waals surface area contributed by atoms with Gasteiger partial charge in [-0.3, -0.25) is 9.80 Å². The lowest BCUT2D eigenvalue weighted by Gasteiger charge is -2.43. The molecule has 0 unspecified atom stereocenters. The summed E-state index contributed by atoms with van der Waals surface area (Å²) in [7, 11) is 0. The lowest BCUT2D eigenvalue weighted by molar-refractivity contribution is 0.0569. The van der Waals surface area contributed by atoms with Crippen molar-refractivity contribution in [3.8, 4) is 0 Å². The van der Waals surface area contributed by atoms with Gasteiger partial charge in [0.05, 0.1) is 0 Å². The van der Waals surface area contributed by atoms with E-state index < -0.39 is 0 Å². The number of hydrogen-bond donors (Lipinski definition) is 0.